The summed E-state index contributed by atoms with van der Waals surface area (Å²) in [7, 11) is 1.62. The van der Waals surface area contributed by atoms with Crippen LogP contribution in [0.4, 0.5) is 4.79 Å². The van der Waals surface area contributed by atoms with Crippen molar-refractivity contribution in [3.63, 3.8) is 0 Å². The zero-order valence-corrected chi connectivity index (χ0v) is 12.5. The molecule has 0 radical (unpaired) electrons. The highest BCUT2D eigenvalue weighted by molar-refractivity contribution is 5.67. The molecule has 2 rings (SSSR count). The van der Waals surface area contributed by atoms with Crippen LogP contribution >= 0.6 is 0 Å². The first-order chi connectivity index (χ1) is 10.1. The summed E-state index contributed by atoms with van der Waals surface area (Å²) in [6.07, 6.45) is 0.947. The zero-order chi connectivity index (χ0) is 15.3. The van der Waals surface area contributed by atoms with E-state index in [9.17, 15) is 10.1 Å². The van der Waals surface area contributed by atoms with E-state index in [1.54, 1.807) is 18.9 Å². The minimum Gasteiger partial charge on any atom is -0.497 e. The Kier molecular flexibility index (Phi) is 4.69. The Morgan fingerprint density at radius 1 is 1.33 bits per heavy atom. The van der Waals surface area contributed by atoms with Crippen LogP contribution in [-0.2, 0) is 10.2 Å². The van der Waals surface area contributed by atoms with Gasteiger partial charge in [0, 0.05) is 13.1 Å². The van der Waals surface area contributed by atoms with Crippen molar-refractivity contribution in [3.05, 3.63) is 29.8 Å². The van der Waals surface area contributed by atoms with Crippen LogP contribution in [0.15, 0.2) is 24.3 Å². The number of rotatable bonds is 3. The van der Waals surface area contributed by atoms with Gasteiger partial charge in [-0.15, -0.1) is 0 Å². The summed E-state index contributed by atoms with van der Waals surface area (Å²) in [4.78, 5) is 13.4. The molecular formula is C16H20N2O3. The first kappa shape index (κ1) is 15.2. The fraction of sp³-hybridized carbons (Fsp3) is 0.500. The fourth-order valence-corrected chi connectivity index (χ4v) is 2.66. The number of likely N-dealkylation sites (tertiary alicyclic amines) is 1. The van der Waals surface area contributed by atoms with E-state index in [1.165, 1.54) is 0 Å². The van der Waals surface area contributed by atoms with Gasteiger partial charge < -0.3 is 14.4 Å². The van der Waals surface area contributed by atoms with E-state index in [0.717, 1.165) is 11.3 Å². The molecule has 0 aromatic heterocycles. The lowest BCUT2D eigenvalue weighted by molar-refractivity contribution is 0.0921. The number of carbonyl (C=O) groups is 1. The molecule has 0 atom stereocenters. The number of hydrogen-bond donors (Lipinski definition) is 0. The minimum atomic E-state index is -0.532. The zero-order valence-electron chi connectivity index (χ0n) is 12.5. The molecule has 5 heteroatoms. The minimum absolute atomic E-state index is 0.293. The second-order valence-electron chi connectivity index (χ2n) is 5.11. The molecule has 1 saturated heterocycles. The first-order valence-corrected chi connectivity index (χ1v) is 7.12. The van der Waals surface area contributed by atoms with Gasteiger partial charge in [-0.05, 0) is 37.5 Å². The second-order valence-corrected chi connectivity index (χ2v) is 5.11. The summed E-state index contributed by atoms with van der Waals surface area (Å²) >= 11 is 0. The molecule has 1 aliphatic rings. The number of nitriles is 1. The maximum Gasteiger partial charge on any atom is 0.409 e. The van der Waals surface area contributed by atoms with E-state index in [-0.39, 0.29) is 6.09 Å². The summed E-state index contributed by atoms with van der Waals surface area (Å²) in [6.45, 7) is 3.24. The average molecular weight is 288 g/mol. The van der Waals surface area contributed by atoms with Crippen LogP contribution < -0.4 is 4.74 Å². The maximum atomic E-state index is 11.7. The Labute approximate surface area is 125 Å². The van der Waals surface area contributed by atoms with Gasteiger partial charge in [-0.2, -0.15) is 5.26 Å². The lowest BCUT2D eigenvalue weighted by Crippen LogP contribution is -2.44. The average Bonchev–Trinajstić information content (AvgIpc) is 2.55. The van der Waals surface area contributed by atoms with Crippen molar-refractivity contribution >= 4 is 6.09 Å². The molecule has 0 N–H and O–H groups in total. The smallest absolute Gasteiger partial charge is 0.409 e. The highest BCUT2D eigenvalue weighted by atomic mass is 16.6. The molecule has 0 unspecified atom stereocenters. The Balaban J connectivity index is 2.11. The van der Waals surface area contributed by atoms with E-state index >= 15 is 0 Å². The number of methoxy groups -OCH3 is 1. The summed E-state index contributed by atoms with van der Waals surface area (Å²) in [5.41, 5.74) is 0.448. The molecule has 1 aliphatic heterocycles. The molecule has 1 aromatic rings. The molecular weight excluding hydrogens is 268 g/mol. The molecule has 0 aliphatic carbocycles. The molecule has 0 spiro atoms. The van der Waals surface area contributed by atoms with E-state index < -0.39 is 5.41 Å². The number of hydrogen-bond acceptors (Lipinski definition) is 4. The predicted molar refractivity (Wildman–Crippen MR) is 78.1 cm³/mol. The number of amides is 1. The largest absolute Gasteiger partial charge is 0.497 e. The van der Waals surface area contributed by atoms with Gasteiger partial charge >= 0.3 is 6.09 Å². The van der Waals surface area contributed by atoms with Crippen molar-refractivity contribution in [3.8, 4) is 11.8 Å². The number of nitrogens with zero attached hydrogens (tertiary/aromatic N) is 2. The molecule has 1 fully saturated rings. The third kappa shape index (κ3) is 3.10. The van der Waals surface area contributed by atoms with E-state index in [2.05, 4.69) is 6.07 Å². The van der Waals surface area contributed by atoms with Crippen LogP contribution in [-0.4, -0.2) is 37.8 Å². The van der Waals surface area contributed by atoms with Crippen molar-refractivity contribution < 1.29 is 14.3 Å². The van der Waals surface area contributed by atoms with Gasteiger partial charge in [-0.1, -0.05) is 12.1 Å². The maximum absolute atomic E-state index is 11.7. The van der Waals surface area contributed by atoms with Crippen LogP contribution in [0, 0.1) is 11.3 Å². The third-order valence-corrected chi connectivity index (χ3v) is 4.00. The molecule has 0 bridgehead atoms. The Bertz CT molecular complexity index is 525. The van der Waals surface area contributed by atoms with Gasteiger partial charge in [-0.3, -0.25) is 0 Å². The van der Waals surface area contributed by atoms with Crippen molar-refractivity contribution in [2.45, 2.75) is 25.2 Å². The Morgan fingerprint density at radius 3 is 2.43 bits per heavy atom. The first-order valence-electron chi connectivity index (χ1n) is 7.12. The standard InChI is InChI=1S/C16H20N2O3/c1-3-21-15(19)18-10-8-16(12-17,9-11-18)13-4-6-14(20-2)7-5-13/h4-7H,3,8-11H2,1-2H3. The monoisotopic (exact) mass is 288 g/mol. The van der Waals surface area contributed by atoms with Gasteiger partial charge in [-0.25, -0.2) is 4.79 Å². The normalized spacial score (nSPS) is 16.9. The highest BCUT2D eigenvalue weighted by Crippen LogP contribution is 2.35. The molecule has 21 heavy (non-hydrogen) atoms. The number of piperidine rings is 1. The van der Waals surface area contributed by atoms with Crippen molar-refractivity contribution in [2.24, 2.45) is 0 Å². The van der Waals surface area contributed by atoms with E-state index in [1.807, 2.05) is 24.3 Å². The molecule has 1 heterocycles. The SMILES string of the molecule is CCOC(=O)N1CCC(C#N)(c2ccc(OC)cc2)CC1. The Hall–Kier alpha value is -2.22. The van der Waals surface area contributed by atoms with Crippen molar-refractivity contribution in [2.75, 3.05) is 26.8 Å². The molecule has 1 aromatic carbocycles. The van der Waals surface area contributed by atoms with Gasteiger partial charge in [0.2, 0.25) is 0 Å². The van der Waals surface area contributed by atoms with E-state index in [0.29, 0.717) is 32.5 Å². The predicted octanol–water partition coefficient (Wildman–Crippen LogP) is 2.71. The molecule has 0 saturated carbocycles. The third-order valence-electron chi connectivity index (χ3n) is 4.00. The van der Waals surface area contributed by atoms with Crippen LogP contribution in [0.5, 0.6) is 5.75 Å². The number of ether oxygens (including phenoxy) is 2. The summed E-state index contributed by atoms with van der Waals surface area (Å²) in [5.74, 6) is 0.774. The van der Waals surface area contributed by atoms with Crippen LogP contribution in [0.3, 0.4) is 0 Å². The number of benzene rings is 1. The lowest BCUT2D eigenvalue weighted by Gasteiger charge is -2.37. The number of carbonyl (C=O) groups excluding carboxylic acids is 1. The summed E-state index contributed by atoms with van der Waals surface area (Å²) < 4.78 is 10.2. The van der Waals surface area contributed by atoms with Crippen molar-refractivity contribution in [1.29, 1.82) is 5.26 Å². The van der Waals surface area contributed by atoms with Crippen LogP contribution in [0.2, 0.25) is 0 Å². The van der Waals surface area contributed by atoms with Crippen molar-refractivity contribution in [1.82, 2.24) is 4.90 Å². The topological polar surface area (TPSA) is 62.6 Å². The van der Waals surface area contributed by atoms with Gasteiger partial charge in [0.1, 0.15) is 5.75 Å². The van der Waals surface area contributed by atoms with Crippen LogP contribution in [0.1, 0.15) is 25.3 Å². The van der Waals surface area contributed by atoms with Gasteiger partial charge in [0.25, 0.3) is 0 Å². The summed E-state index contributed by atoms with van der Waals surface area (Å²) in [5, 5.41) is 9.63. The van der Waals surface area contributed by atoms with Crippen LogP contribution in [0.25, 0.3) is 0 Å². The highest BCUT2D eigenvalue weighted by Gasteiger charge is 2.38. The van der Waals surface area contributed by atoms with E-state index in [4.69, 9.17) is 9.47 Å². The Morgan fingerprint density at radius 2 is 1.95 bits per heavy atom. The second kappa shape index (κ2) is 6.49. The molecule has 5 nitrogen and oxygen atoms in total. The van der Waals surface area contributed by atoms with Gasteiger partial charge in [0.05, 0.1) is 25.2 Å². The quantitative estimate of drug-likeness (QED) is 0.858. The lowest BCUT2D eigenvalue weighted by atomic mass is 9.74. The fourth-order valence-electron chi connectivity index (χ4n) is 2.66. The van der Waals surface area contributed by atoms with Gasteiger partial charge in [0.15, 0.2) is 0 Å². The summed E-state index contributed by atoms with van der Waals surface area (Å²) in [6, 6.07) is 10.0. The molecule has 112 valence electrons. The molecule has 1 amide bonds.